The third-order valence-electron chi connectivity index (χ3n) is 5.13. The van der Waals surface area contributed by atoms with Gasteiger partial charge >= 0.3 is 0 Å². The predicted molar refractivity (Wildman–Crippen MR) is 114 cm³/mol. The molecular weight excluding hydrogens is 379 g/mol. The van der Waals surface area contributed by atoms with Crippen LogP contribution in [0.1, 0.15) is 43.7 Å². The van der Waals surface area contributed by atoms with Gasteiger partial charge in [-0.15, -0.1) is 0 Å². The summed E-state index contributed by atoms with van der Waals surface area (Å²) >= 11 is 12.3. The number of nitrogens with one attached hydrogen (secondary N) is 1. The maximum absolute atomic E-state index is 12.7. The van der Waals surface area contributed by atoms with Crippen LogP contribution >= 0.6 is 23.2 Å². The fraction of sp³-hybridized carbons (Fsp3) is 0.409. The number of hydrogen-bond donors (Lipinski definition) is 1. The number of nitrogens with zero attached hydrogens (tertiary/aromatic N) is 1. The van der Waals surface area contributed by atoms with E-state index in [1.165, 1.54) is 5.56 Å². The van der Waals surface area contributed by atoms with Gasteiger partial charge in [-0.25, -0.2) is 0 Å². The van der Waals surface area contributed by atoms with Crippen molar-refractivity contribution < 1.29 is 4.79 Å². The van der Waals surface area contributed by atoms with Crippen molar-refractivity contribution in [2.24, 2.45) is 5.92 Å². The van der Waals surface area contributed by atoms with Gasteiger partial charge in [-0.05, 0) is 60.7 Å². The Bertz CT molecular complexity index is 789. The highest BCUT2D eigenvalue weighted by Gasteiger charge is 2.26. The standard InChI is InChI=1S/C22H26Cl2N2O/c1-15(2)16-6-9-20(10-7-16)25-22(27)18-4-3-11-26(14-18)13-17-5-8-19(23)12-21(17)24/h5-10,12,15,18H,3-4,11,13-14H2,1-2H3,(H,25,27)/t18-/m1/s1. The minimum Gasteiger partial charge on any atom is -0.326 e. The van der Waals surface area contributed by atoms with Crippen LogP contribution in [-0.4, -0.2) is 23.9 Å². The van der Waals surface area contributed by atoms with E-state index in [0.717, 1.165) is 43.7 Å². The van der Waals surface area contributed by atoms with Crippen LogP contribution < -0.4 is 5.32 Å². The highest BCUT2D eigenvalue weighted by molar-refractivity contribution is 6.35. The van der Waals surface area contributed by atoms with Crippen molar-refractivity contribution in [2.75, 3.05) is 18.4 Å². The molecule has 1 amide bonds. The molecule has 5 heteroatoms. The van der Waals surface area contributed by atoms with Gasteiger partial charge in [0.2, 0.25) is 5.91 Å². The molecule has 0 bridgehead atoms. The van der Waals surface area contributed by atoms with Crippen LogP contribution in [-0.2, 0) is 11.3 Å². The number of carbonyl (C=O) groups is 1. The monoisotopic (exact) mass is 404 g/mol. The Kier molecular flexibility index (Phi) is 6.80. The minimum atomic E-state index is -0.00500. The molecule has 0 aromatic heterocycles. The molecule has 1 saturated heterocycles. The first kappa shape index (κ1) is 20.2. The first-order valence-corrected chi connectivity index (χ1v) is 10.2. The summed E-state index contributed by atoms with van der Waals surface area (Å²) in [6, 6.07) is 13.7. The second-order valence-electron chi connectivity index (χ2n) is 7.58. The maximum atomic E-state index is 12.7. The first-order valence-electron chi connectivity index (χ1n) is 9.49. The summed E-state index contributed by atoms with van der Waals surface area (Å²) in [5.74, 6) is 0.579. The van der Waals surface area contributed by atoms with Gasteiger partial charge in [0.1, 0.15) is 0 Å². The molecule has 0 aliphatic carbocycles. The Morgan fingerprint density at radius 1 is 1.19 bits per heavy atom. The van der Waals surface area contributed by atoms with Gasteiger partial charge in [-0.1, -0.05) is 55.2 Å². The van der Waals surface area contributed by atoms with Crippen molar-refractivity contribution >= 4 is 34.8 Å². The molecule has 1 aliphatic heterocycles. The molecule has 0 spiro atoms. The molecule has 0 unspecified atom stereocenters. The molecule has 27 heavy (non-hydrogen) atoms. The number of benzene rings is 2. The van der Waals surface area contributed by atoms with Gasteiger partial charge in [0.05, 0.1) is 5.92 Å². The second kappa shape index (κ2) is 9.09. The van der Waals surface area contributed by atoms with E-state index >= 15 is 0 Å². The molecule has 2 aromatic carbocycles. The third kappa shape index (κ3) is 5.47. The van der Waals surface area contributed by atoms with E-state index in [-0.39, 0.29) is 11.8 Å². The van der Waals surface area contributed by atoms with E-state index in [0.29, 0.717) is 16.0 Å². The summed E-state index contributed by atoms with van der Waals surface area (Å²) in [5, 5.41) is 4.39. The summed E-state index contributed by atoms with van der Waals surface area (Å²) in [6.45, 7) is 6.79. The highest BCUT2D eigenvalue weighted by Crippen LogP contribution is 2.25. The number of rotatable bonds is 5. The lowest BCUT2D eigenvalue weighted by molar-refractivity contribution is -0.121. The number of halogens is 2. The van der Waals surface area contributed by atoms with E-state index in [1.807, 2.05) is 24.3 Å². The molecule has 1 heterocycles. The smallest absolute Gasteiger partial charge is 0.228 e. The molecule has 0 saturated carbocycles. The molecule has 1 aliphatic rings. The molecule has 0 radical (unpaired) electrons. The summed E-state index contributed by atoms with van der Waals surface area (Å²) in [4.78, 5) is 15.0. The quantitative estimate of drug-likeness (QED) is 0.665. The first-order chi connectivity index (χ1) is 12.9. The van der Waals surface area contributed by atoms with Gasteiger partial charge < -0.3 is 5.32 Å². The normalized spacial score (nSPS) is 17.9. The van der Waals surface area contributed by atoms with Crippen molar-refractivity contribution in [2.45, 2.75) is 39.2 Å². The Morgan fingerprint density at radius 3 is 2.59 bits per heavy atom. The summed E-state index contributed by atoms with van der Waals surface area (Å²) in [7, 11) is 0. The van der Waals surface area contributed by atoms with Gasteiger partial charge in [0.25, 0.3) is 0 Å². The molecule has 1 N–H and O–H groups in total. The zero-order chi connectivity index (χ0) is 19.4. The summed E-state index contributed by atoms with van der Waals surface area (Å²) in [5.41, 5.74) is 3.19. The average molecular weight is 405 g/mol. The van der Waals surface area contributed by atoms with E-state index < -0.39 is 0 Å². The van der Waals surface area contributed by atoms with Crippen molar-refractivity contribution in [1.29, 1.82) is 0 Å². The highest BCUT2D eigenvalue weighted by atomic mass is 35.5. The largest absolute Gasteiger partial charge is 0.326 e. The Balaban J connectivity index is 1.59. The predicted octanol–water partition coefficient (Wildman–Crippen LogP) is 5.97. The molecule has 3 rings (SSSR count). The average Bonchev–Trinajstić information content (AvgIpc) is 2.65. The van der Waals surface area contributed by atoms with Crippen LogP contribution in [0.15, 0.2) is 42.5 Å². The lowest BCUT2D eigenvalue weighted by Crippen LogP contribution is -2.40. The summed E-state index contributed by atoms with van der Waals surface area (Å²) < 4.78 is 0. The SMILES string of the molecule is CC(C)c1ccc(NC(=O)[C@@H]2CCCN(Cc3ccc(Cl)cc3Cl)C2)cc1. The molecule has 1 atom stereocenters. The zero-order valence-electron chi connectivity index (χ0n) is 15.8. The number of carbonyl (C=O) groups excluding carboxylic acids is 1. The minimum absolute atomic E-state index is 0.00500. The summed E-state index contributed by atoms with van der Waals surface area (Å²) in [6.07, 6.45) is 1.93. The topological polar surface area (TPSA) is 32.3 Å². The lowest BCUT2D eigenvalue weighted by atomic mass is 9.96. The van der Waals surface area contributed by atoms with E-state index in [2.05, 4.69) is 36.2 Å². The van der Waals surface area contributed by atoms with E-state index in [4.69, 9.17) is 23.2 Å². The molecule has 1 fully saturated rings. The van der Waals surface area contributed by atoms with Crippen molar-refractivity contribution in [1.82, 2.24) is 4.90 Å². The Morgan fingerprint density at radius 2 is 1.93 bits per heavy atom. The number of piperidine rings is 1. The number of likely N-dealkylation sites (tertiary alicyclic amines) is 1. The van der Waals surface area contributed by atoms with Crippen molar-refractivity contribution in [3.05, 3.63) is 63.6 Å². The van der Waals surface area contributed by atoms with Crippen LogP contribution in [0.5, 0.6) is 0 Å². The number of hydrogen-bond acceptors (Lipinski definition) is 2. The van der Waals surface area contributed by atoms with Crippen LogP contribution in [0.4, 0.5) is 5.69 Å². The van der Waals surface area contributed by atoms with E-state index in [1.54, 1.807) is 6.07 Å². The number of anilines is 1. The van der Waals surface area contributed by atoms with Gasteiger partial charge in [-0.2, -0.15) is 0 Å². The fourth-order valence-corrected chi connectivity index (χ4v) is 3.97. The van der Waals surface area contributed by atoms with Gasteiger partial charge in [-0.3, -0.25) is 9.69 Å². The second-order valence-corrected chi connectivity index (χ2v) is 8.42. The molecule has 2 aromatic rings. The fourth-order valence-electron chi connectivity index (χ4n) is 3.50. The third-order valence-corrected chi connectivity index (χ3v) is 5.72. The van der Waals surface area contributed by atoms with Crippen molar-refractivity contribution in [3.8, 4) is 0 Å². The van der Waals surface area contributed by atoms with Crippen molar-refractivity contribution in [3.63, 3.8) is 0 Å². The van der Waals surface area contributed by atoms with E-state index in [9.17, 15) is 4.79 Å². The zero-order valence-corrected chi connectivity index (χ0v) is 17.4. The molecule has 3 nitrogen and oxygen atoms in total. The molecular formula is C22H26Cl2N2O. The number of amides is 1. The van der Waals surface area contributed by atoms with Crippen LogP contribution in [0.3, 0.4) is 0 Å². The Hall–Kier alpha value is -1.55. The molecule has 144 valence electrons. The van der Waals surface area contributed by atoms with Crippen LogP contribution in [0.2, 0.25) is 10.0 Å². The van der Waals surface area contributed by atoms with Gasteiger partial charge in [0, 0.05) is 28.8 Å². The Labute approximate surface area is 171 Å². The maximum Gasteiger partial charge on any atom is 0.228 e. The van der Waals surface area contributed by atoms with Crippen LogP contribution in [0.25, 0.3) is 0 Å². The lowest BCUT2D eigenvalue weighted by Gasteiger charge is -2.32. The van der Waals surface area contributed by atoms with Gasteiger partial charge in [0.15, 0.2) is 0 Å². The van der Waals surface area contributed by atoms with Crippen LogP contribution in [0, 0.1) is 5.92 Å².